The standard InChI is InChI=1S/C23H28N4O3S/c1-23(2,3)25-22(29)26-12-10-16-18(13-26)31-20-19(16)21(28)27(14-24-20)11-9-15-7-5-6-8-17(15)30-4/h5-8,14H,9-13H2,1-4H3,(H,25,29). The van der Waals surface area contributed by atoms with E-state index in [0.717, 1.165) is 26.6 Å². The molecule has 0 fully saturated rings. The summed E-state index contributed by atoms with van der Waals surface area (Å²) < 4.78 is 7.10. The van der Waals surface area contributed by atoms with Gasteiger partial charge in [0.25, 0.3) is 5.56 Å². The number of aromatic nitrogens is 2. The van der Waals surface area contributed by atoms with Gasteiger partial charge in [-0.2, -0.15) is 0 Å². The highest BCUT2D eigenvalue weighted by atomic mass is 32.1. The van der Waals surface area contributed by atoms with Gasteiger partial charge in [0.2, 0.25) is 0 Å². The third kappa shape index (κ3) is 4.44. The van der Waals surface area contributed by atoms with Crippen molar-refractivity contribution >= 4 is 27.6 Å². The second-order valence-corrected chi connectivity index (χ2v) is 9.92. The summed E-state index contributed by atoms with van der Waals surface area (Å²) in [6, 6.07) is 7.78. The highest BCUT2D eigenvalue weighted by Gasteiger charge is 2.28. The molecule has 164 valence electrons. The summed E-state index contributed by atoms with van der Waals surface area (Å²) in [7, 11) is 1.65. The van der Waals surface area contributed by atoms with Crippen LogP contribution in [0.25, 0.3) is 10.2 Å². The molecule has 3 heterocycles. The largest absolute Gasteiger partial charge is 0.496 e. The monoisotopic (exact) mass is 440 g/mol. The number of methoxy groups -OCH3 is 1. The molecule has 0 unspecified atom stereocenters. The minimum absolute atomic E-state index is 0.00927. The maximum atomic E-state index is 13.2. The molecule has 7 nitrogen and oxygen atoms in total. The molecule has 2 aromatic heterocycles. The van der Waals surface area contributed by atoms with Crippen molar-refractivity contribution < 1.29 is 9.53 Å². The molecular weight excluding hydrogens is 412 g/mol. The van der Waals surface area contributed by atoms with Crippen LogP contribution in [0.15, 0.2) is 35.4 Å². The van der Waals surface area contributed by atoms with Gasteiger partial charge in [-0.1, -0.05) is 18.2 Å². The summed E-state index contributed by atoms with van der Waals surface area (Å²) in [5.74, 6) is 0.825. The molecule has 0 bridgehead atoms. The number of aryl methyl sites for hydroxylation is 2. The fraction of sp³-hybridized carbons (Fsp3) is 0.435. The highest BCUT2D eigenvalue weighted by molar-refractivity contribution is 7.18. The SMILES string of the molecule is COc1ccccc1CCn1cnc2sc3c(c2c1=O)CCN(C(=O)NC(C)(C)C)C3. The molecule has 2 amide bonds. The quantitative estimate of drug-likeness (QED) is 0.673. The number of hydrogen-bond acceptors (Lipinski definition) is 5. The van der Waals surface area contributed by atoms with Crippen LogP contribution in [0, 0.1) is 0 Å². The summed E-state index contributed by atoms with van der Waals surface area (Å²) in [6.45, 7) is 7.55. The fourth-order valence-electron chi connectivity index (χ4n) is 3.90. The van der Waals surface area contributed by atoms with Crippen LogP contribution in [0.3, 0.4) is 0 Å². The van der Waals surface area contributed by atoms with Crippen molar-refractivity contribution in [2.45, 2.75) is 52.2 Å². The minimum atomic E-state index is -0.283. The molecular formula is C23H28N4O3S. The van der Waals surface area contributed by atoms with Crippen LogP contribution >= 0.6 is 11.3 Å². The van der Waals surface area contributed by atoms with E-state index in [4.69, 9.17) is 4.74 Å². The molecule has 8 heteroatoms. The summed E-state index contributed by atoms with van der Waals surface area (Å²) in [5.41, 5.74) is 1.81. The van der Waals surface area contributed by atoms with Crippen LogP contribution in [0.5, 0.6) is 5.75 Å². The maximum Gasteiger partial charge on any atom is 0.318 e. The van der Waals surface area contributed by atoms with Crippen molar-refractivity contribution in [2.24, 2.45) is 0 Å². The van der Waals surface area contributed by atoms with E-state index in [-0.39, 0.29) is 17.1 Å². The number of nitrogens with one attached hydrogen (secondary N) is 1. The molecule has 1 aromatic carbocycles. The Labute approximate surface area is 185 Å². The van der Waals surface area contributed by atoms with Crippen LogP contribution in [0.2, 0.25) is 0 Å². The molecule has 1 N–H and O–H groups in total. The van der Waals surface area contributed by atoms with Gasteiger partial charge in [-0.3, -0.25) is 9.36 Å². The van der Waals surface area contributed by atoms with Gasteiger partial charge in [0.15, 0.2) is 0 Å². The first-order valence-electron chi connectivity index (χ1n) is 10.5. The molecule has 0 saturated heterocycles. The third-order valence-corrected chi connectivity index (χ3v) is 6.54. The minimum Gasteiger partial charge on any atom is -0.496 e. The number of hydrogen-bond donors (Lipinski definition) is 1. The second kappa shape index (κ2) is 8.34. The van der Waals surface area contributed by atoms with E-state index in [9.17, 15) is 9.59 Å². The number of amides is 2. The molecule has 0 spiro atoms. The first-order chi connectivity index (χ1) is 14.8. The fourth-order valence-corrected chi connectivity index (χ4v) is 5.10. The average Bonchev–Trinajstić information content (AvgIpc) is 3.10. The summed E-state index contributed by atoms with van der Waals surface area (Å²) >= 11 is 1.52. The lowest BCUT2D eigenvalue weighted by molar-refractivity contribution is 0.184. The predicted octanol–water partition coefficient (Wildman–Crippen LogP) is 3.58. The average molecular weight is 441 g/mol. The number of carbonyl (C=O) groups is 1. The number of benzene rings is 1. The Morgan fingerprint density at radius 2 is 2.06 bits per heavy atom. The molecule has 0 saturated carbocycles. The van der Waals surface area contributed by atoms with E-state index in [2.05, 4.69) is 10.3 Å². The van der Waals surface area contributed by atoms with E-state index < -0.39 is 0 Å². The summed E-state index contributed by atoms with van der Waals surface area (Å²) in [5, 5.41) is 3.72. The number of para-hydroxylation sites is 1. The maximum absolute atomic E-state index is 13.2. The van der Waals surface area contributed by atoms with Crippen molar-refractivity contribution in [1.29, 1.82) is 0 Å². The first-order valence-corrected chi connectivity index (χ1v) is 11.3. The molecule has 0 aliphatic carbocycles. The Morgan fingerprint density at radius 3 is 2.81 bits per heavy atom. The third-order valence-electron chi connectivity index (χ3n) is 5.41. The Kier molecular flexibility index (Phi) is 5.75. The summed E-state index contributed by atoms with van der Waals surface area (Å²) in [6.07, 6.45) is 2.98. The number of ether oxygens (including phenoxy) is 1. The van der Waals surface area contributed by atoms with E-state index >= 15 is 0 Å². The number of rotatable bonds is 4. The number of fused-ring (bicyclic) bond motifs is 3. The van der Waals surface area contributed by atoms with E-state index in [1.54, 1.807) is 18.0 Å². The van der Waals surface area contributed by atoms with Gasteiger partial charge >= 0.3 is 6.03 Å². The number of urea groups is 1. The van der Waals surface area contributed by atoms with Crippen LogP contribution in [0.1, 0.15) is 36.8 Å². The zero-order valence-electron chi connectivity index (χ0n) is 18.4. The number of thiophene rings is 1. The van der Waals surface area contributed by atoms with Crippen molar-refractivity contribution in [2.75, 3.05) is 13.7 Å². The van der Waals surface area contributed by atoms with Crippen molar-refractivity contribution in [1.82, 2.24) is 19.8 Å². The van der Waals surface area contributed by atoms with Gasteiger partial charge in [-0.25, -0.2) is 9.78 Å². The Bertz CT molecular complexity index is 1180. The molecule has 0 radical (unpaired) electrons. The predicted molar refractivity (Wildman–Crippen MR) is 123 cm³/mol. The smallest absolute Gasteiger partial charge is 0.318 e. The van der Waals surface area contributed by atoms with Gasteiger partial charge in [-0.05, 0) is 50.8 Å². The van der Waals surface area contributed by atoms with Gasteiger partial charge < -0.3 is 15.0 Å². The van der Waals surface area contributed by atoms with Crippen molar-refractivity contribution in [3.8, 4) is 5.75 Å². The van der Waals surface area contributed by atoms with Gasteiger partial charge in [0.05, 0.1) is 25.4 Å². The van der Waals surface area contributed by atoms with Crippen LogP contribution < -0.4 is 15.6 Å². The second-order valence-electron chi connectivity index (χ2n) is 8.84. The molecule has 0 atom stereocenters. The van der Waals surface area contributed by atoms with E-state index in [0.29, 0.717) is 37.9 Å². The van der Waals surface area contributed by atoms with Crippen LogP contribution in [-0.2, 0) is 25.9 Å². The lowest BCUT2D eigenvalue weighted by Crippen LogP contribution is -2.49. The molecule has 31 heavy (non-hydrogen) atoms. The first kappa shape index (κ1) is 21.4. The lowest BCUT2D eigenvalue weighted by Gasteiger charge is -2.31. The zero-order chi connectivity index (χ0) is 22.2. The van der Waals surface area contributed by atoms with Gasteiger partial charge in [0, 0.05) is 23.5 Å². The van der Waals surface area contributed by atoms with Gasteiger partial charge in [0.1, 0.15) is 10.6 Å². The van der Waals surface area contributed by atoms with E-state index in [1.807, 2.05) is 49.9 Å². The Morgan fingerprint density at radius 1 is 1.29 bits per heavy atom. The normalized spacial score (nSPS) is 13.9. The van der Waals surface area contributed by atoms with E-state index in [1.165, 1.54) is 11.3 Å². The highest BCUT2D eigenvalue weighted by Crippen LogP contribution is 2.32. The Hall–Kier alpha value is -2.87. The Balaban J connectivity index is 1.57. The number of carbonyl (C=O) groups excluding carboxylic acids is 1. The molecule has 1 aliphatic heterocycles. The lowest BCUT2D eigenvalue weighted by atomic mass is 10.1. The van der Waals surface area contributed by atoms with Crippen LogP contribution in [0.4, 0.5) is 4.79 Å². The molecule has 3 aromatic rings. The van der Waals surface area contributed by atoms with Crippen LogP contribution in [-0.4, -0.2) is 39.7 Å². The topological polar surface area (TPSA) is 76.5 Å². The number of nitrogens with zero attached hydrogens (tertiary/aromatic N) is 3. The zero-order valence-corrected chi connectivity index (χ0v) is 19.2. The summed E-state index contributed by atoms with van der Waals surface area (Å²) in [4.78, 5) is 34.0. The van der Waals surface area contributed by atoms with Crippen molar-refractivity contribution in [3.05, 3.63) is 57.0 Å². The molecule has 1 aliphatic rings. The van der Waals surface area contributed by atoms with Crippen molar-refractivity contribution in [3.63, 3.8) is 0 Å². The molecule has 4 rings (SSSR count). The van der Waals surface area contributed by atoms with Gasteiger partial charge in [-0.15, -0.1) is 11.3 Å².